The van der Waals surface area contributed by atoms with Crippen LogP contribution in [0.2, 0.25) is 0 Å². The van der Waals surface area contributed by atoms with Crippen LogP contribution in [0.5, 0.6) is 0 Å². The van der Waals surface area contributed by atoms with Gasteiger partial charge in [0, 0.05) is 17.8 Å². The van der Waals surface area contributed by atoms with Gasteiger partial charge in [0.15, 0.2) is 5.69 Å². The van der Waals surface area contributed by atoms with E-state index in [1.165, 1.54) is 12.1 Å². The second-order valence-electron chi connectivity index (χ2n) is 7.79. The second kappa shape index (κ2) is 13.1. The van der Waals surface area contributed by atoms with Gasteiger partial charge in [0.25, 0.3) is 5.91 Å². The number of carbonyl (C=O) groups is 2. The number of benzene rings is 1. The van der Waals surface area contributed by atoms with Crippen molar-refractivity contribution in [3.63, 3.8) is 0 Å². The van der Waals surface area contributed by atoms with Crippen LogP contribution in [0, 0.1) is 5.82 Å². The van der Waals surface area contributed by atoms with E-state index in [9.17, 15) is 24.2 Å². The number of nitrogens with one attached hydrogen (secondary N) is 1. The smallest absolute Gasteiger partial charge is 1.00 e. The fourth-order valence-corrected chi connectivity index (χ4v) is 3.54. The molecule has 1 aromatic carbocycles. The minimum atomic E-state index is -1.15. The van der Waals surface area contributed by atoms with E-state index >= 15 is 0 Å². The number of carboxylic acids is 1. The third kappa shape index (κ3) is 7.67. The van der Waals surface area contributed by atoms with Crippen molar-refractivity contribution in [3.8, 4) is 5.69 Å². The maximum atomic E-state index is 13.4. The standard InChI is InChI=1S/C22H30FN3O5.Na.H/c1-4-24-22(31)21-20(13(2)3)18(10-9-16(27)11-17(28)12-19(29)30)26(25-21)15-7-5-14(23)6-8-15;;/h5-8,13,16-17,27-28H,4,9-12H2,1-3H3,(H,24,31)(H,29,30);;/q;+1;-1/t16-,17-;;/m1../s1. The number of halogens is 1. The summed E-state index contributed by atoms with van der Waals surface area (Å²) >= 11 is 0. The Morgan fingerprint density at radius 2 is 1.81 bits per heavy atom. The Balaban J connectivity index is 0.00000512. The maximum absolute atomic E-state index is 13.4. The van der Waals surface area contributed by atoms with E-state index in [1.54, 1.807) is 16.8 Å². The third-order valence-corrected chi connectivity index (χ3v) is 4.89. The van der Waals surface area contributed by atoms with Crippen molar-refractivity contribution in [3.05, 3.63) is 47.0 Å². The first-order valence-electron chi connectivity index (χ1n) is 10.4. The molecule has 1 aromatic heterocycles. The van der Waals surface area contributed by atoms with E-state index in [0.717, 1.165) is 5.56 Å². The number of rotatable bonds is 11. The summed E-state index contributed by atoms with van der Waals surface area (Å²) < 4.78 is 15.0. The third-order valence-electron chi connectivity index (χ3n) is 4.89. The molecule has 1 heterocycles. The number of aliphatic hydroxyl groups excluding tert-OH is 2. The topological polar surface area (TPSA) is 125 Å². The largest absolute Gasteiger partial charge is 1.00 e. The Kier molecular flexibility index (Phi) is 11.5. The number of carbonyl (C=O) groups excluding carboxylic acids is 1. The molecule has 0 saturated heterocycles. The Hall–Kier alpha value is -1.78. The van der Waals surface area contributed by atoms with Crippen molar-refractivity contribution in [1.82, 2.24) is 15.1 Å². The molecular formula is C22H31FN3NaO5. The molecule has 0 fully saturated rings. The van der Waals surface area contributed by atoms with Gasteiger partial charge in [-0.25, -0.2) is 9.07 Å². The Bertz CT molecular complexity index is 908. The summed E-state index contributed by atoms with van der Waals surface area (Å²) in [5.41, 5.74) is 2.29. The first kappa shape index (κ1) is 28.3. The number of aromatic nitrogens is 2. The summed E-state index contributed by atoms with van der Waals surface area (Å²) in [6.45, 7) is 6.12. The number of aliphatic carboxylic acids is 1. The van der Waals surface area contributed by atoms with Crippen molar-refractivity contribution >= 4 is 11.9 Å². The number of hydrogen-bond donors (Lipinski definition) is 4. The molecular weight excluding hydrogens is 428 g/mol. The fourth-order valence-electron chi connectivity index (χ4n) is 3.54. The van der Waals surface area contributed by atoms with Crippen molar-refractivity contribution in [2.75, 3.05) is 6.54 Å². The fraction of sp³-hybridized carbons (Fsp3) is 0.500. The van der Waals surface area contributed by atoms with E-state index in [1.807, 2.05) is 20.8 Å². The van der Waals surface area contributed by atoms with Crippen molar-refractivity contribution < 1.29 is 60.3 Å². The van der Waals surface area contributed by atoms with Gasteiger partial charge >= 0.3 is 35.5 Å². The number of amides is 1. The van der Waals surface area contributed by atoms with Crippen molar-refractivity contribution in [2.24, 2.45) is 0 Å². The molecule has 0 aliphatic carbocycles. The van der Waals surface area contributed by atoms with Crippen LogP contribution in [0.15, 0.2) is 24.3 Å². The van der Waals surface area contributed by atoms with Gasteiger partial charge in [0.05, 0.1) is 24.3 Å². The predicted molar refractivity (Wildman–Crippen MR) is 114 cm³/mol. The molecule has 2 atom stereocenters. The first-order valence-corrected chi connectivity index (χ1v) is 10.4. The van der Waals surface area contributed by atoms with Crippen LogP contribution in [0.1, 0.15) is 69.1 Å². The molecule has 2 aromatic rings. The number of carboxylic acid groups (broad SMARTS) is 1. The van der Waals surface area contributed by atoms with Crippen LogP contribution < -0.4 is 34.9 Å². The Morgan fingerprint density at radius 3 is 2.34 bits per heavy atom. The van der Waals surface area contributed by atoms with Gasteiger partial charge < -0.3 is 22.1 Å². The van der Waals surface area contributed by atoms with E-state index in [4.69, 9.17) is 5.11 Å². The summed E-state index contributed by atoms with van der Waals surface area (Å²) in [5, 5.41) is 36.1. The van der Waals surface area contributed by atoms with Crippen LogP contribution >= 0.6 is 0 Å². The summed E-state index contributed by atoms with van der Waals surface area (Å²) in [6.07, 6.45) is -2.03. The summed E-state index contributed by atoms with van der Waals surface area (Å²) in [7, 11) is 0. The van der Waals surface area contributed by atoms with Crippen LogP contribution in [0.4, 0.5) is 4.39 Å². The van der Waals surface area contributed by atoms with E-state index in [0.29, 0.717) is 24.3 Å². The van der Waals surface area contributed by atoms with Gasteiger partial charge in [-0.3, -0.25) is 9.59 Å². The second-order valence-corrected chi connectivity index (χ2v) is 7.79. The van der Waals surface area contributed by atoms with Gasteiger partial charge in [0.2, 0.25) is 0 Å². The molecule has 0 aliphatic rings. The average molecular weight is 459 g/mol. The molecule has 10 heteroatoms. The van der Waals surface area contributed by atoms with E-state index in [2.05, 4.69) is 10.4 Å². The molecule has 4 N–H and O–H groups in total. The molecule has 32 heavy (non-hydrogen) atoms. The van der Waals surface area contributed by atoms with Gasteiger partial charge in [0.1, 0.15) is 5.82 Å². The minimum Gasteiger partial charge on any atom is -1.00 e. The number of hydrogen-bond acceptors (Lipinski definition) is 5. The zero-order valence-electron chi connectivity index (χ0n) is 20.0. The number of aliphatic hydroxyl groups is 2. The average Bonchev–Trinajstić information content (AvgIpc) is 3.06. The number of nitrogens with zero attached hydrogens (tertiary/aromatic N) is 2. The van der Waals surface area contributed by atoms with Crippen molar-refractivity contribution in [2.45, 2.75) is 64.6 Å². The van der Waals surface area contributed by atoms with Crippen LogP contribution in [0.3, 0.4) is 0 Å². The predicted octanol–water partition coefficient (Wildman–Crippen LogP) is -0.480. The molecule has 0 spiro atoms. The summed E-state index contributed by atoms with van der Waals surface area (Å²) in [4.78, 5) is 23.3. The van der Waals surface area contributed by atoms with E-state index < -0.39 is 30.4 Å². The van der Waals surface area contributed by atoms with Gasteiger partial charge in [-0.2, -0.15) is 5.10 Å². The molecule has 0 saturated carbocycles. The molecule has 8 nitrogen and oxygen atoms in total. The molecule has 0 aliphatic heterocycles. The molecule has 0 bridgehead atoms. The maximum Gasteiger partial charge on any atom is 1.00 e. The molecule has 0 unspecified atom stereocenters. The molecule has 1 amide bonds. The molecule has 0 radical (unpaired) electrons. The van der Waals surface area contributed by atoms with Gasteiger partial charge in [-0.1, -0.05) is 13.8 Å². The Morgan fingerprint density at radius 1 is 1.19 bits per heavy atom. The SMILES string of the molecule is CCNC(=O)c1nn(-c2ccc(F)cc2)c(CC[C@@H](O)C[C@@H](O)CC(=O)O)c1C(C)C.[H-].[Na+]. The molecule has 2 rings (SSSR count). The monoisotopic (exact) mass is 459 g/mol. The zero-order chi connectivity index (χ0) is 23.1. The normalized spacial score (nSPS) is 12.8. The quantitative estimate of drug-likeness (QED) is 0.337. The van der Waals surface area contributed by atoms with Crippen LogP contribution in [0.25, 0.3) is 5.69 Å². The minimum absolute atomic E-state index is 0. The van der Waals surface area contributed by atoms with Gasteiger partial charge in [-0.05, 0) is 56.4 Å². The zero-order valence-corrected chi connectivity index (χ0v) is 21.0. The van der Waals surface area contributed by atoms with E-state index in [-0.39, 0.29) is 61.3 Å². The summed E-state index contributed by atoms with van der Waals surface area (Å²) in [5.74, 6) is -1.89. The van der Waals surface area contributed by atoms with Crippen molar-refractivity contribution in [1.29, 1.82) is 0 Å². The van der Waals surface area contributed by atoms with Gasteiger partial charge in [-0.15, -0.1) is 0 Å². The molecule has 172 valence electrons. The summed E-state index contributed by atoms with van der Waals surface area (Å²) in [6, 6.07) is 5.73. The Labute approximate surface area is 210 Å². The van der Waals surface area contributed by atoms with Crippen LogP contribution in [-0.2, 0) is 11.2 Å². The first-order chi connectivity index (χ1) is 14.6. The van der Waals surface area contributed by atoms with Crippen LogP contribution in [-0.4, -0.2) is 55.7 Å².